The molecule has 4 rings (SSSR count). The maximum Gasteiger partial charge on any atom is 0.277 e. The van der Waals surface area contributed by atoms with Crippen LogP contribution in [-0.2, 0) is 5.75 Å². The Morgan fingerprint density at radius 3 is 2.67 bits per heavy atom. The van der Waals surface area contributed by atoms with E-state index >= 15 is 0 Å². The summed E-state index contributed by atoms with van der Waals surface area (Å²) in [5.74, 6) is 2.26. The normalized spacial score (nSPS) is 10.9. The molecular weight excluding hydrogens is 369 g/mol. The first kappa shape index (κ1) is 17.3. The van der Waals surface area contributed by atoms with E-state index in [1.54, 1.807) is 25.4 Å². The van der Waals surface area contributed by atoms with Crippen LogP contribution in [0, 0.1) is 5.82 Å². The number of thioether (sulfide) groups is 1. The molecule has 0 aliphatic heterocycles. The molecule has 0 saturated heterocycles. The average molecular weight is 383 g/mol. The lowest BCUT2D eigenvalue weighted by molar-refractivity contribution is 0.411. The summed E-state index contributed by atoms with van der Waals surface area (Å²) in [7, 11) is 1.59. The fourth-order valence-corrected chi connectivity index (χ4v) is 3.06. The molecule has 0 aliphatic carbocycles. The number of halogens is 1. The van der Waals surface area contributed by atoms with Crippen LogP contribution >= 0.6 is 11.8 Å². The van der Waals surface area contributed by atoms with E-state index in [-0.39, 0.29) is 5.82 Å². The summed E-state index contributed by atoms with van der Waals surface area (Å²) in [5.41, 5.74) is 1.49. The van der Waals surface area contributed by atoms with Crippen molar-refractivity contribution in [3.05, 3.63) is 66.4 Å². The van der Waals surface area contributed by atoms with E-state index in [4.69, 9.17) is 13.6 Å². The van der Waals surface area contributed by atoms with E-state index in [0.29, 0.717) is 34.3 Å². The second-order valence-corrected chi connectivity index (χ2v) is 6.41. The molecule has 27 heavy (non-hydrogen) atoms. The summed E-state index contributed by atoms with van der Waals surface area (Å²) in [6, 6.07) is 13.5. The van der Waals surface area contributed by atoms with Gasteiger partial charge in [0.15, 0.2) is 5.76 Å². The van der Waals surface area contributed by atoms with E-state index < -0.39 is 0 Å². The first-order chi connectivity index (χ1) is 13.2. The van der Waals surface area contributed by atoms with Crippen LogP contribution in [0.2, 0.25) is 0 Å². The maximum absolute atomic E-state index is 13.0. The van der Waals surface area contributed by atoms with Crippen LogP contribution in [0.1, 0.15) is 5.89 Å². The molecule has 2 aromatic heterocycles. The molecule has 0 atom stereocenters. The average Bonchev–Trinajstić information content (AvgIpc) is 3.36. The van der Waals surface area contributed by atoms with Gasteiger partial charge < -0.3 is 13.6 Å². The van der Waals surface area contributed by atoms with Crippen molar-refractivity contribution in [2.45, 2.75) is 11.0 Å². The Hall–Kier alpha value is -3.13. The van der Waals surface area contributed by atoms with E-state index in [2.05, 4.69) is 15.2 Å². The van der Waals surface area contributed by atoms with Gasteiger partial charge in [0.25, 0.3) is 11.1 Å². The van der Waals surface area contributed by atoms with E-state index in [1.807, 2.05) is 24.3 Å². The lowest BCUT2D eigenvalue weighted by Gasteiger charge is -2.03. The van der Waals surface area contributed by atoms with Crippen molar-refractivity contribution in [1.29, 1.82) is 0 Å². The Morgan fingerprint density at radius 2 is 1.85 bits per heavy atom. The van der Waals surface area contributed by atoms with Crippen molar-refractivity contribution in [2.24, 2.45) is 0 Å². The van der Waals surface area contributed by atoms with Gasteiger partial charge >= 0.3 is 0 Å². The molecule has 0 saturated carbocycles. The van der Waals surface area contributed by atoms with Crippen LogP contribution < -0.4 is 4.74 Å². The summed E-state index contributed by atoms with van der Waals surface area (Å²) < 4.78 is 29.7. The summed E-state index contributed by atoms with van der Waals surface area (Å²) >= 11 is 1.32. The SMILES string of the molecule is COc1ccccc1-c1nnc(SCc2ncc(-c3ccc(F)cc3)o2)o1. The third-order valence-electron chi connectivity index (χ3n) is 3.75. The number of oxazole rings is 1. The molecule has 0 fully saturated rings. The number of benzene rings is 2. The first-order valence-electron chi connectivity index (χ1n) is 8.03. The summed E-state index contributed by atoms with van der Waals surface area (Å²) in [4.78, 5) is 4.23. The Morgan fingerprint density at radius 1 is 1.04 bits per heavy atom. The van der Waals surface area contributed by atoms with Gasteiger partial charge in [0.1, 0.15) is 11.6 Å². The molecule has 8 heteroatoms. The van der Waals surface area contributed by atoms with Gasteiger partial charge in [-0.05, 0) is 36.4 Å². The summed E-state index contributed by atoms with van der Waals surface area (Å²) in [5, 5.41) is 8.50. The number of hydrogen-bond donors (Lipinski definition) is 0. The molecule has 0 radical (unpaired) electrons. The van der Waals surface area contributed by atoms with Crippen molar-refractivity contribution in [1.82, 2.24) is 15.2 Å². The van der Waals surface area contributed by atoms with Gasteiger partial charge in [-0.25, -0.2) is 9.37 Å². The minimum Gasteiger partial charge on any atom is -0.496 e. The molecule has 6 nitrogen and oxygen atoms in total. The van der Waals surface area contributed by atoms with E-state index in [9.17, 15) is 4.39 Å². The number of rotatable bonds is 6. The van der Waals surface area contributed by atoms with Gasteiger partial charge in [-0.1, -0.05) is 23.9 Å². The van der Waals surface area contributed by atoms with Crippen molar-refractivity contribution in [2.75, 3.05) is 7.11 Å². The standard InChI is InChI=1S/C19H14FN3O3S/c1-24-15-5-3-2-4-14(15)18-22-23-19(26-18)27-11-17-21-10-16(25-17)12-6-8-13(20)9-7-12/h2-10H,11H2,1H3. The zero-order chi connectivity index (χ0) is 18.6. The van der Waals surface area contributed by atoms with Gasteiger partial charge in [0, 0.05) is 5.56 Å². The maximum atomic E-state index is 13.0. The third-order valence-corrected chi connectivity index (χ3v) is 4.55. The lowest BCUT2D eigenvalue weighted by atomic mass is 10.2. The number of hydrogen-bond acceptors (Lipinski definition) is 7. The molecular formula is C19H14FN3O3S. The first-order valence-corrected chi connectivity index (χ1v) is 9.02. The fraction of sp³-hybridized carbons (Fsp3) is 0.105. The molecule has 0 N–H and O–H groups in total. The molecule has 2 heterocycles. The van der Waals surface area contributed by atoms with Crippen molar-refractivity contribution < 1.29 is 18.0 Å². The fourth-order valence-electron chi connectivity index (χ4n) is 2.45. The van der Waals surface area contributed by atoms with Crippen LogP contribution in [-0.4, -0.2) is 22.3 Å². The van der Waals surface area contributed by atoms with Gasteiger partial charge in [0.2, 0.25) is 5.89 Å². The predicted molar refractivity (Wildman–Crippen MR) is 97.7 cm³/mol. The number of ether oxygens (including phenoxy) is 1. The molecule has 4 aromatic rings. The molecule has 0 aliphatic rings. The van der Waals surface area contributed by atoms with Crippen LogP contribution in [0.25, 0.3) is 22.8 Å². The largest absolute Gasteiger partial charge is 0.496 e. The van der Waals surface area contributed by atoms with Crippen LogP contribution in [0.4, 0.5) is 4.39 Å². The zero-order valence-corrected chi connectivity index (χ0v) is 15.1. The van der Waals surface area contributed by atoms with Crippen molar-refractivity contribution >= 4 is 11.8 Å². The van der Waals surface area contributed by atoms with Crippen molar-refractivity contribution in [3.8, 4) is 28.5 Å². The number of nitrogens with zero attached hydrogens (tertiary/aromatic N) is 3. The summed E-state index contributed by atoms with van der Waals surface area (Å²) in [6.45, 7) is 0. The highest BCUT2D eigenvalue weighted by atomic mass is 32.2. The minimum atomic E-state index is -0.295. The van der Waals surface area contributed by atoms with Crippen LogP contribution in [0.5, 0.6) is 5.75 Å². The topological polar surface area (TPSA) is 74.2 Å². The Balaban J connectivity index is 1.44. The van der Waals surface area contributed by atoms with Gasteiger partial charge in [0.05, 0.1) is 24.6 Å². The predicted octanol–water partition coefficient (Wildman–Crippen LogP) is 4.83. The number of para-hydroxylation sites is 1. The molecule has 0 amide bonds. The van der Waals surface area contributed by atoms with E-state index in [0.717, 1.165) is 11.1 Å². The van der Waals surface area contributed by atoms with Gasteiger partial charge in [-0.3, -0.25) is 0 Å². The number of aromatic nitrogens is 3. The van der Waals surface area contributed by atoms with Gasteiger partial charge in [-0.15, -0.1) is 10.2 Å². The second kappa shape index (κ2) is 7.63. The molecule has 0 unspecified atom stereocenters. The van der Waals surface area contributed by atoms with Crippen LogP contribution in [0.15, 0.2) is 68.8 Å². The minimum absolute atomic E-state index is 0.295. The smallest absolute Gasteiger partial charge is 0.277 e. The van der Waals surface area contributed by atoms with Crippen molar-refractivity contribution in [3.63, 3.8) is 0 Å². The quantitative estimate of drug-likeness (QED) is 0.441. The molecule has 0 spiro atoms. The second-order valence-electron chi connectivity index (χ2n) is 5.49. The van der Waals surface area contributed by atoms with Crippen LogP contribution in [0.3, 0.4) is 0 Å². The molecule has 2 aromatic carbocycles. The Labute approximate surface area is 158 Å². The number of methoxy groups -OCH3 is 1. The van der Waals surface area contributed by atoms with Gasteiger partial charge in [-0.2, -0.15) is 0 Å². The molecule has 0 bridgehead atoms. The molecule has 136 valence electrons. The highest BCUT2D eigenvalue weighted by Crippen LogP contribution is 2.31. The third kappa shape index (κ3) is 3.85. The summed E-state index contributed by atoms with van der Waals surface area (Å²) in [6.07, 6.45) is 1.61. The lowest BCUT2D eigenvalue weighted by Crippen LogP contribution is -1.87. The van der Waals surface area contributed by atoms with E-state index in [1.165, 1.54) is 23.9 Å². The highest BCUT2D eigenvalue weighted by molar-refractivity contribution is 7.98. The Bertz CT molecular complexity index is 1050. The zero-order valence-electron chi connectivity index (χ0n) is 14.3. The Kier molecular flexibility index (Phi) is 4.88. The highest BCUT2D eigenvalue weighted by Gasteiger charge is 2.14. The monoisotopic (exact) mass is 383 g/mol.